The molecule has 1 rings (SSSR count). The third-order valence-electron chi connectivity index (χ3n) is 2.43. The first-order valence-electron chi connectivity index (χ1n) is 4.80. The number of alkyl halides is 1. The lowest BCUT2D eigenvalue weighted by atomic mass is 10.0. The maximum Gasteiger partial charge on any atom is 0.214 e. The van der Waals surface area contributed by atoms with Gasteiger partial charge in [-0.2, -0.15) is 4.31 Å². The molecule has 0 unspecified atom stereocenters. The molecule has 0 atom stereocenters. The number of nitrogens with zero attached hydrogens (tertiary/aromatic N) is 1. The number of nitrogens with two attached hydrogens (primary N) is 1. The number of rotatable bonds is 5. The largest absolute Gasteiger partial charge is 0.327 e. The molecule has 2 N–H and O–H groups in total. The van der Waals surface area contributed by atoms with Gasteiger partial charge in [0.15, 0.2) is 5.67 Å². The van der Waals surface area contributed by atoms with Gasteiger partial charge in [-0.25, -0.2) is 12.8 Å². The minimum Gasteiger partial charge on any atom is -0.327 e. The topological polar surface area (TPSA) is 63.4 Å². The van der Waals surface area contributed by atoms with E-state index in [0.717, 1.165) is 6.42 Å². The van der Waals surface area contributed by atoms with Gasteiger partial charge >= 0.3 is 0 Å². The third kappa shape index (κ3) is 2.43. The molecule has 14 heavy (non-hydrogen) atoms. The molecular formula is C8H17FN2O2S. The van der Waals surface area contributed by atoms with Crippen LogP contribution in [0.15, 0.2) is 0 Å². The summed E-state index contributed by atoms with van der Waals surface area (Å²) >= 11 is 0. The van der Waals surface area contributed by atoms with E-state index in [9.17, 15) is 12.8 Å². The van der Waals surface area contributed by atoms with Crippen LogP contribution < -0.4 is 5.73 Å². The maximum atomic E-state index is 13.3. The average Bonchev–Trinajstić information content (AvgIpc) is 2.09. The van der Waals surface area contributed by atoms with Crippen molar-refractivity contribution in [1.82, 2.24) is 4.31 Å². The van der Waals surface area contributed by atoms with Crippen LogP contribution >= 0.6 is 0 Å². The Hall–Kier alpha value is -0.200. The predicted octanol–water partition coefficient (Wildman–Crippen LogP) is 0.0989. The second kappa shape index (κ2) is 4.12. The Bertz CT molecular complexity index is 286. The fourth-order valence-electron chi connectivity index (χ4n) is 1.37. The van der Waals surface area contributed by atoms with Gasteiger partial charge in [0, 0.05) is 6.54 Å². The lowest BCUT2D eigenvalue weighted by Crippen LogP contribution is -2.64. The monoisotopic (exact) mass is 224 g/mol. The van der Waals surface area contributed by atoms with Gasteiger partial charge in [-0.05, 0) is 6.42 Å². The molecule has 0 aromatic carbocycles. The maximum absolute atomic E-state index is 13.3. The fraction of sp³-hybridized carbons (Fsp3) is 1.00. The summed E-state index contributed by atoms with van der Waals surface area (Å²) in [5, 5.41) is 0. The molecule has 0 radical (unpaired) electrons. The SMILES string of the molecule is CCCCS(=O)(=O)N1CC(F)(CN)C1. The summed E-state index contributed by atoms with van der Waals surface area (Å²) in [5.41, 5.74) is 3.69. The van der Waals surface area contributed by atoms with Gasteiger partial charge < -0.3 is 5.73 Å². The predicted molar refractivity (Wildman–Crippen MR) is 53.2 cm³/mol. The highest BCUT2D eigenvalue weighted by molar-refractivity contribution is 7.89. The summed E-state index contributed by atoms with van der Waals surface area (Å²) in [6, 6.07) is 0. The summed E-state index contributed by atoms with van der Waals surface area (Å²) < 4.78 is 37.5. The van der Waals surface area contributed by atoms with Crippen LogP contribution in [0.3, 0.4) is 0 Å². The molecule has 1 fully saturated rings. The first-order valence-corrected chi connectivity index (χ1v) is 6.41. The van der Waals surface area contributed by atoms with E-state index in [4.69, 9.17) is 5.73 Å². The van der Waals surface area contributed by atoms with Crippen molar-refractivity contribution in [3.8, 4) is 0 Å². The van der Waals surface area contributed by atoms with E-state index in [1.54, 1.807) is 0 Å². The van der Waals surface area contributed by atoms with Crippen LogP contribution in [0.1, 0.15) is 19.8 Å². The van der Waals surface area contributed by atoms with E-state index in [2.05, 4.69) is 0 Å². The lowest BCUT2D eigenvalue weighted by Gasteiger charge is -2.42. The zero-order chi connectivity index (χ0) is 10.8. The van der Waals surface area contributed by atoms with Gasteiger partial charge in [-0.3, -0.25) is 0 Å². The lowest BCUT2D eigenvalue weighted by molar-refractivity contribution is 0.0302. The molecule has 0 saturated carbocycles. The van der Waals surface area contributed by atoms with E-state index < -0.39 is 15.7 Å². The second-order valence-electron chi connectivity index (χ2n) is 3.79. The van der Waals surface area contributed by atoms with E-state index in [0.29, 0.717) is 6.42 Å². The van der Waals surface area contributed by atoms with Crippen molar-refractivity contribution in [1.29, 1.82) is 0 Å². The molecule has 1 aliphatic rings. The summed E-state index contributed by atoms with van der Waals surface area (Å²) in [5.74, 6) is 0.115. The molecule has 4 nitrogen and oxygen atoms in total. The molecule has 1 saturated heterocycles. The molecule has 0 amide bonds. The van der Waals surface area contributed by atoms with E-state index >= 15 is 0 Å². The molecule has 0 aliphatic carbocycles. The van der Waals surface area contributed by atoms with Crippen molar-refractivity contribution < 1.29 is 12.8 Å². The van der Waals surface area contributed by atoms with Crippen LogP contribution in [-0.2, 0) is 10.0 Å². The first-order chi connectivity index (χ1) is 6.43. The first kappa shape index (κ1) is 11.9. The van der Waals surface area contributed by atoms with Gasteiger partial charge in [0.05, 0.1) is 18.8 Å². The summed E-state index contributed by atoms with van der Waals surface area (Å²) in [6.07, 6.45) is 1.45. The smallest absolute Gasteiger partial charge is 0.214 e. The normalized spacial score (nSPS) is 21.9. The van der Waals surface area contributed by atoms with Crippen molar-refractivity contribution >= 4 is 10.0 Å². The standard InChI is InChI=1S/C8H17FN2O2S/c1-2-3-4-14(12,13)11-6-8(9,5-10)7-11/h2-7,10H2,1H3. The van der Waals surface area contributed by atoms with Gasteiger partial charge in [0.2, 0.25) is 10.0 Å². The molecular weight excluding hydrogens is 207 g/mol. The van der Waals surface area contributed by atoms with Crippen LogP contribution in [0.5, 0.6) is 0 Å². The average molecular weight is 224 g/mol. The van der Waals surface area contributed by atoms with Crippen LogP contribution in [0.2, 0.25) is 0 Å². The molecule has 84 valence electrons. The number of hydrogen-bond acceptors (Lipinski definition) is 3. The number of hydrogen-bond donors (Lipinski definition) is 1. The Morgan fingerprint density at radius 3 is 2.50 bits per heavy atom. The van der Waals surface area contributed by atoms with E-state index in [-0.39, 0.29) is 25.4 Å². The van der Waals surface area contributed by atoms with Crippen LogP contribution in [0.25, 0.3) is 0 Å². The summed E-state index contributed by atoms with van der Waals surface area (Å²) in [4.78, 5) is 0. The van der Waals surface area contributed by atoms with Crippen LogP contribution in [-0.4, -0.2) is 43.8 Å². The zero-order valence-corrected chi connectivity index (χ0v) is 9.19. The van der Waals surface area contributed by atoms with Crippen LogP contribution in [0, 0.1) is 0 Å². The number of unbranched alkanes of at least 4 members (excludes halogenated alkanes) is 1. The van der Waals surface area contributed by atoms with Crippen molar-refractivity contribution in [3.05, 3.63) is 0 Å². The van der Waals surface area contributed by atoms with Crippen molar-refractivity contribution in [2.45, 2.75) is 25.4 Å². The van der Waals surface area contributed by atoms with E-state index in [1.165, 1.54) is 4.31 Å². The highest BCUT2D eigenvalue weighted by atomic mass is 32.2. The Kier molecular flexibility index (Phi) is 3.49. The van der Waals surface area contributed by atoms with Crippen molar-refractivity contribution in [3.63, 3.8) is 0 Å². The third-order valence-corrected chi connectivity index (χ3v) is 4.28. The summed E-state index contributed by atoms with van der Waals surface area (Å²) in [7, 11) is -3.23. The van der Waals surface area contributed by atoms with Crippen LogP contribution in [0.4, 0.5) is 4.39 Å². The van der Waals surface area contributed by atoms with Gasteiger partial charge in [0.25, 0.3) is 0 Å². The van der Waals surface area contributed by atoms with Gasteiger partial charge in [0.1, 0.15) is 0 Å². The van der Waals surface area contributed by atoms with Gasteiger partial charge in [-0.15, -0.1) is 0 Å². The van der Waals surface area contributed by atoms with Crippen molar-refractivity contribution in [2.24, 2.45) is 5.73 Å². The molecule has 0 aromatic rings. The summed E-state index contributed by atoms with van der Waals surface area (Å²) in [6.45, 7) is 1.67. The molecule has 1 aliphatic heterocycles. The highest BCUT2D eigenvalue weighted by Gasteiger charge is 2.47. The van der Waals surface area contributed by atoms with Crippen molar-refractivity contribution in [2.75, 3.05) is 25.4 Å². The Balaban J connectivity index is 2.46. The Labute approximate surface area is 84.3 Å². The zero-order valence-electron chi connectivity index (χ0n) is 8.37. The fourth-order valence-corrected chi connectivity index (χ4v) is 3.14. The Morgan fingerprint density at radius 2 is 2.07 bits per heavy atom. The molecule has 6 heteroatoms. The molecule has 1 heterocycles. The minimum atomic E-state index is -3.23. The number of sulfonamides is 1. The second-order valence-corrected chi connectivity index (χ2v) is 5.88. The minimum absolute atomic E-state index is 0.0739. The highest BCUT2D eigenvalue weighted by Crippen LogP contribution is 2.27. The molecule has 0 aromatic heterocycles. The van der Waals surface area contributed by atoms with E-state index in [1.807, 2.05) is 6.92 Å². The Morgan fingerprint density at radius 1 is 1.50 bits per heavy atom. The number of halogens is 1. The molecule has 0 bridgehead atoms. The quantitative estimate of drug-likeness (QED) is 0.720. The molecule has 0 spiro atoms. The van der Waals surface area contributed by atoms with Gasteiger partial charge in [-0.1, -0.05) is 13.3 Å².